The maximum Gasteiger partial charge on any atom is 0.310 e. The third-order valence-electron chi connectivity index (χ3n) is 3.96. The minimum absolute atomic E-state index is 0.0416. The van der Waals surface area contributed by atoms with Crippen LogP contribution < -0.4 is 5.56 Å². The number of esters is 1. The highest BCUT2D eigenvalue weighted by Gasteiger charge is 2.11. The standard InChI is InChI=1S/C19H21N3O3S/c1-3-4-5-14-6-8-15(9-7-14)11-18(24)25-12-16-21-22-17(23)10-13(2)20-19(22)26-16/h6-10H,3-5,11-12H2,1-2H3. The van der Waals surface area contributed by atoms with Gasteiger partial charge in [0.05, 0.1) is 6.42 Å². The molecule has 0 saturated heterocycles. The second-order valence-electron chi connectivity index (χ2n) is 6.18. The molecule has 7 heteroatoms. The Labute approximate surface area is 155 Å². The molecule has 136 valence electrons. The number of hydrogen-bond donors (Lipinski definition) is 0. The maximum absolute atomic E-state index is 12.0. The van der Waals surface area contributed by atoms with Crippen LogP contribution in [0, 0.1) is 6.92 Å². The molecule has 0 amide bonds. The van der Waals surface area contributed by atoms with Crippen LogP contribution in [0.1, 0.15) is 41.6 Å². The summed E-state index contributed by atoms with van der Waals surface area (Å²) in [4.78, 5) is 28.7. The fourth-order valence-corrected chi connectivity index (χ4v) is 3.44. The first-order chi connectivity index (χ1) is 12.5. The Morgan fingerprint density at radius 1 is 1.23 bits per heavy atom. The van der Waals surface area contributed by atoms with Gasteiger partial charge in [0.15, 0.2) is 5.01 Å². The molecule has 0 saturated carbocycles. The van der Waals surface area contributed by atoms with Gasteiger partial charge in [0.25, 0.3) is 5.56 Å². The zero-order valence-corrected chi connectivity index (χ0v) is 15.7. The van der Waals surface area contributed by atoms with Gasteiger partial charge in [0, 0.05) is 11.8 Å². The van der Waals surface area contributed by atoms with E-state index in [1.807, 2.05) is 12.1 Å². The Hall–Kier alpha value is -2.54. The van der Waals surface area contributed by atoms with Crippen LogP contribution >= 0.6 is 11.3 Å². The zero-order chi connectivity index (χ0) is 18.5. The molecule has 0 bridgehead atoms. The third-order valence-corrected chi connectivity index (χ3v) is 4.84. The summed E-state index contributed by atoms with van der Waals surface area (Å²) in [6, 6.07) is 9.48. The SMILES string of the molecule is CCCCc1ccc(CC(=O)OCc2nn3c(=O)cc(C)nc3s2)cc1. The second-order valence-corrected chi connectivity index (χ2v) is 7.22. The number of benzene rings is 1. The summed E-state index contributed by atoms with van der Waals surface area (Å²) in [5.74, 6) is -0.318. The Balaban J connectivity index is 1.57. The number of rotatable bonds is 7. The Bertz CT molecular complexity index is 960. The molecule has 0 N–H and O–H groups in total. The molecule has 0 spiro atoms. The topological polar surface area (TPSA) is 73.6 Å². The zero-order valence-electron chi connectivity index (χ0n) is 14.9. The van der Waals surface area contributed by atoms with E-state index in [0.29, 0.717) is 15.7 Å². The summed E-state index contributed by atoms with van der Waals surface area (Å²) < 4.78 is 6.52. The van der Waals surface area contributed by atoms with Crippen LogP contribution in [-0.2, 0) is 29.0 Å². The van der Waals surface area contributed by atoms with Gasteiger partial charge in [-0.1, -0.05) is 48.9 Å². The van der Waals surface area contributed by atoms with Crippen LogP contribution in [0.15, 0.2) is 35.1 Å². The van der Waals surface area contributed by atoms with Crippen LogP contribution in [0.4, 0.5) is 0 Å². The maximum atomic E-state index is 12.0. The number of aryl methyl sites for hydroxylation is 2. The molecule has 6 nitrogen and oxygen atoms in total. The molecule has 0 aliphatic heterocycles. The average Bonchev–Trinajstić information content (AvgIpc) is 3.03. The smallest absolute Gasteiger partial charge is 0.310 e. The van der Waals surface area contributed by atoms with Gasteiger partial charge >= 0.3 is 5.97 Å². The first-order valence-electron chi connectivity index (χ1n) is 8.65. The summed E-state index contributed by atoms with van der Waals surface area (Å²) in [5, 5.41) is 4.70. The van der Waals surface area contributed by atoms with Crippen molar-refractivity contribution in [3.63, 3.8) is 0 Å². The predicted octanol–water partition coefficient (Wildman–Crippen LogP) is 3.09. The van der Waals surface area contributed by atoms with Gasteiger partial charge in [-0.2, -0.15) is 9.61 Å². The van der Waals surface area contributed by atoms with Crippen molar-refractivity contribution in [1.82, 2.24) is 14.6 Å². The van der Waals surface area contributed by atoms with Crippen molar-refractivity contribution in [2.45, 2.75) is 46.1 Å². The van der Waals surface area contributed by atoms with Crippen LogP contribution in [0.5, 0.6) is 0 Å². The van der Waals surface area contributed by atoms with Crippen molar-refractivity contribution in [2.24, 2.45) is 0 Å². The number of unbranched alkanes of at least 4 members (excludes halogenated alkanes) is 1. The minimum Gasteiger partial charge on any atom is -0.458 e. The van der Waals surface area contributed by atoms with Crippen molar-refractivity contribution in [3.8, 4) is 0 Å². The van der Waals surface area contributed by atoms with Crippen LogP contribution in [0.3, 0.4) is 0 Å². The number of hydrogen-bond acceptors (Lipinski definition) is 6. The summed E-state index contributed by atoms with van der Waals surface area (Å²) in [6.07, 6.45) is 3.62. The number of carbonyl (C=O) groups excluding carboxylic acids is 1. The summed E-state index contributed by atoms with van der Waals surface area (Å²) in [7, 11) is 0. The van der Waals surface area contributed by atoms with Crippen molar-refractivity contribution >= 4 is 22.3 Å². The Kier molecular flexibility index (Phi) is 5.78. The summed E-state index contributed by atoms with van der Waals surface area (Å²) in [5.41, 5.74) is 2.62. The van der Waals surface area contributed by atoms with Crippen LogP contribution in [-0.4, -0.2) is 20.6 Å². The molecule has 26 heavy (non-hydrogen) atoms. The van der Waals surface area contributed by atoms with E-state index >= 15 is 0 Å². The lowest BCUT2D eigenvalue weighted by molar-refractivity contribution is -0.144. The lowest BCUT2D eigenvalue weighted by atomic mass is 10.1. The molecular formula is C19H21N3O3S. The van der Waals surface area contributed by atoms with E-state index < -0.39 is 0 Å². The van der Waals surface area contributed by atoms with E-state index in [1.54, 1.807) is 6.92 Å². The Morgan fingerprint density at radius 2 is 1.96 bits per heavy atom. The molecule has 0 fully saturated rings. The van der Waals surface area contributed by atoms with E-state index in [2.05, 4.69) is 29.1 Å². The number of nitrogens with zero attached hydrogens (tertiary/aromatic N) is 3. The number of fused-ring (bicyclic) bond motifs is 1. The van der Waals surface area contributed by atoms with Gasteiger partial charge in [0.2, 0.25) is 4.96 Å². The predicted molar refractivity (Wildman–Crippen MR) is 100 cm³/mol. The molecule has 3 rings (SSSR count). The Morgan fingerprint density at radius 3 is 2.69 bits per heavy atom. The largest absolute Gasteiger partial charge is 0.458 e. The molecular weight excluding hydrogens is 350 g/mol. The number of aromatic nitrogens is 3. The molecule has 3 aromatic rings. The molecule has 1 aromatic carbocycles. The van der Waals surface area contributed by atoms with Gasteiger partial charge in [-0.25, -0.2) is 4.98 Å². The van der Waals surface area contributed by atoms with E-state index in [1.165, 1.54) is 40.3 Å². The van der Waals surface area contributed by atoms with Crippen LogP contribution in [0.25, 0.3) is 4.96 Å². The molecule has 0 aliphatic carbocycles. The quantitative estimate of drug-likeness (QED) is 0.597. The van der Waals surface area contributed by atoms with Gasteiger partial charge in [-0.3, -0.25) is 9.59 Å². The van der Waals surface area contributed by atoms with E-state index in [0.717, 1.165) is 12.0 Å². The third kappa shape index (κ3) is 4.54. The lowest BCUT2D eigenvalue weighted by Crippen LogP contribution is -2.14. The molecule has 0 unspecified atom stereocenters. The fourth-order valence-electron chi connectivity index (χ4n) is 2.58. The molecule has 0 radical (unpaired) electrons. The van der Waals surface area contributed by atoms with Crippen molar-refractivity contribution < 1.29 is 9.53 Å². The molecule has 0 atom stereocenters. The van der Waals surface area contributed by atoms with Crippen LogP contribution in [0.2, 0.25) is 0 Å². The van der Waals surface area contributed by atoms with Gasteiger partial charge in [-0.15, -0.1) is 0 Å². The monoisotopic (exact) mass is 371 g/mol. The second kappa shape index (κ2) is 8.23. The van der Waals surface area contributed by atoms with E-state index in [-0.39, 0.29) is 24.6 Å². The van der Waals surface area contributed by atoms with Crippen molar-refractivity contribution in [2.75, 3.05) is 0 Å². The average molecular weight is 371 g/mol. The van der Waals surface area contributed by atoms with Crippen molar-refractivity contribution in [3.05, 3.63) is 62.5 Å². The highest BCUT2D eigenvalue weighted by molar-refractivity contribution is 7.16. The highest BCUT2D eigenvalue weighted by Crippen LogP contribution is 2.13. The summed E-state index contributed by atoms with van der Waals surface area (Å²) >= 11 is 1.25. The number of ether oxygens (including phenoxy) is 1. The molecule has 0 aliphatic rings. The molecule has 2 aromatic heterocycles. The van der Waals surface area contributed by atoms with E-state index in [4.69, 9.17) is 4.74 Å². The van der Waals surface area contributed by atoms with Gasteiger partial charge < -0.3 is 4.74 Å². The lowest BCUT2D eigenvalue weighted by Gasteiger charge is -2.04. The van der Waals surface area contributed by atoms with Gasteiger partial charge in [-0.05, 0) is 30.9 Å². The highest BCUT2D eigenvalue weighted by atomic mass is 32.1. The normalized spacial score (nSPS) is 11.0. The first kappa shape index (κ1) is 18.3. The van der Waals surface area contributed by atoms with E-state index in [9.17, 15) is 9.59 Å². The molecule has 2 heterocycles. The first-order valence-corrected chi connectivity index (χ1v) is 9.46. The fraction of sp³-hybridized carbons (Fsp3) is 0.368. The van der Waals surface area contributed by atoms with Gasteiger partial charge in [0.1, 0.15) is 6.61 Å². The summed E-state index contributed by atoms with van der Waals surface area (Å²) in [6.45, 7) is 3.97. The number of carbonyl (C=O) groups is 1. The van der Waals surface area contributed by atoms with Crippen molar-refractivity contribution in [1.29, 1.82) is 0 Å². The minimum atomic E-state index is -0.318.